The van der Waals surface area contributed by atoms with Gasteiger partial charge in [-0.2, -0.15) is 8.75 Å². The van der Waals surface area contributed by atoms with Crippen molar-refractivity contribution in [2.75, 3.05) is 25.9 Å². The predicted molar refractivity (Wildman–Crippen MR) is 78.9 cm³/mol. The number of aromatic nitrogens is 2. The average Bonchev–Trinajstić information content (AvgIpc) is 3.03. The summed E-state index contributed by atoms with van der Waals surface area (Å²) in [6.45, 7) is 3.79. The molecule has 3 unspecified atom stereocenters. The molecule has 3 atom stereocenters. The predicted octanol–water partition coefficient (Wildman–Crippen LogP) is 1.22. The van der Waals surface area contributed by atoms with Gasteiger partial charge in [0.2, 0.25) is 0 Å². The van der Waals surface area contributed by atoms with Crippen LogP contribution in [0.2, 0.25) is 0 Å². The summed E-state index contributed by atoms with van der Waals surface area (Å²) >= 11 is 3.11. The van der Waals surface area contributed by atoms with Gasteiger partial charge in [0, 0.05) is 19.0 Å². The van der Waals surface area contributed by atoms with Gasteiger partial charge < -0.3 is 15.1 Å². The van der Waals surface area contributed by atoms with E-state index in [2.05, 4.69) is 19.9 Å². The molecule has 0 spiro atoms. The van der Waals surface area contributed by atoms with Crippen LogP contribution < -0.4 is 0 Å². The molecule has 3 heterocycles. The third kappa shape index (κ3) is 3.92. The summed E-state index contributed by atoms with van der Waals surface area (Å²) < 4.78 is 8.88. The van der Waals surface area contributed by atoms with Gasteiger partial charge in [-0.3, -0.25) is 0 Å². The Kier molecular flexibility index (Phi) is 5.54. The van der Waals surface area contributed by atoms with Gasteiger partial charge in [-0.05, 0) is 31.6 Å². The molecule has 2 aliphatic heterocycles. The van der Waals surface area contributed by atoms with Crippen LogP contribution in [0.4, 0.5) is 0 Å². The molecule has 0 radical (unpaired) electrons. The van der Waals surface area contributed by atoms with Crippen molar-refractivity contribution in [3.63, 3.8) is 0 Å². The highest BCUT2D eigenvalue weighted by atomic mass is 32.2. The quantitative estimate of drug-likeness (QED) is 0.616. The molecular weight excluding hydrogens is 314 g/mol. The number of carbonyl (C=O) groups is 2. The molecule has 2 aliphatic rings. The topological polar surface area (TPSA) is 104 Å². The highest BCUT2D eigenvalue weighted by Gasteiger charge is 2.38. The molecule has 2 fully saturated rings. The number of carboxylic acids is 2. The maximum absolute atomic E-state index is 9.10. The SMILES string of the molecule is CSc1nsnc1C1CN2CCCC1C2.O=C(O)C(=O)O. The summed E-state index contributed by atoms with van der Waals surface area (Å²) in [6, 6.07) is 0. The van der Waals surface area contributed by atoms with E-state index in [4.69, 9.17) is 19.8 Å². The van der Waals surface area contributed by atoms with E-state index in [-0.39, 0.29) is 0 Å². The largest absolute Gasteiger partial charge is 0.473 e. The summed E-state index contributed by atoms with van der Waals surface area (Å²) in [5.41, 5.74) is 1.28. The standard InChI is InChI=1S/C10H15N3S2.C2H2O4/c1-14-10-9(11-15-12-10)8-6-13-4-2-3-7(8)5-13;3-1(4)2(5)6/h7-8H,2-6H2,1H3;(H,3,4)(H,5,6). The van der Waals surface area contributed by atoms with Crippen LogP contribution in [0.5, 0.6) is 0 Å². The van der Waals surface area contributed by atoms with Crippen LogP contribution in [-0.4, -0.2) is 61.7 Å². The zero-order valence-electron chi connectivity index (χ0n) is 11.6. The van der Waals surface area contributed by atoms with Crippen LogP contribution in [0.25, 0.3) is 0 Å². The third-order valence-corrected chi connectivity index (χ3v) is 5.12. The van der Waals surface area contributed by atoms with Crippen LogP contribution in [0.3, 0.4) is 0 Å². The molecular formula is C12H17N3O4S2. The van der Waals surface area contributed by atoms with Crippen molar-refractivity contribution < 1.29 is 19.8 Å². The monoisotopic (exact) mass is 331 g/mol. The van der Waals surface area contributed by atoms with E-state index in [0.717, 1.165) is 5.92 Å². The molecule has 0 amide bonds. The van der Waals surface area contributed by atoms with Crippen LogP contribution in [-0.2, 0) is 9.59 Å². The van der Waals surface area contributed by atoms with E-state index in [0.29, 0.717) is 5.92 Å². The Hall–Kier alpha value is -1.19. The summed E-state index contributed by atoms with van der Waals surface area (Å²) in [4.78, 5) is 20.8. The highest BCUT2D eigenvalue weighted by Crippen LogP contribution is 2.40. The number of hydrogen-bond acceptors (Lipinski definition) is 7. The molecule has 9 heteroatoms. The van der Waals surface area contributed by atoms with Crippen molar-refractivity contribution in [3.05, 3.63) is 5.69 Å². The van der Waals surface area contributed by atoms with E-state index in [9.17, 15) is 0 Å². The van der Waals surface area contributed by atoms with E-state index in [1.165, 1.54) is 54.9 Å². The van der Waals surface area contributed by atoms with Gasteiger partial charge in [-0.15, -0.1) is 11.8 Å². The smallest absolute Gasteiger partial charge is 0.414 e. The Bertz CT molecular complexity index is 510. The van der Waals surface area contributed by atoms with Gasteiger partial charge in [0.15, 0.2) is 0 Å². The van der Waals surface area contributed by atoms with E-state index < -0.39 is 11.9 Å². The number of aliphatic carboxylic acids is 2. The fraction of sp³-hybridized carbons (Fsp3) is 0.667. The molecule has 3 rings (SSSR count). The zero-order valence-corrected chi connectivity index (χ0v) is 13.2. The Morgan fingerprint density at radius 2 is 2.00 bits per heavy atom. The Balaban J connectivity index is 0.000000232. The maximum Gasteiger partial charge on any atom is 0.414 e. The number of piperidine rings is 1. The Morgan fingerprint density at radius 3 is 2.57 bits per heavy atom. The van der Waals surface area contributed by atoms with Crippen molar-refractivity contribution in [1.29, 1.82) is 0 Å². The second-order valence-electron chi connectivity index (χ2n) is 5.04. The first kappa shape index (κ1) is 16.2. The average molecular weight is 331 g/mol. The second kappa shape index (κ2) is 7.19. The number of carboxylic acid groups (broad SMARTS) is 2. The van der Waals surface area contributed by atoms with Crippen LogP contribution in [0, 0.1) is 5.92 Å². The second-order valence-corrected chi connectivity index (χ2v) is 6.36. The molecule has 0 aromatic carbocycles. The molecule has 1 aromatic heterocycles. The highest BCUT2D eigenvalue weighted by molar-refractivity contribution is 7.98. The van der Waals surface area contributed by atoms with Gasteiger partial charge in [0.05, 0.1) is 17.4 Å². The molecule has 2 saturated heterocycles. The van der Waals surface area contributed by atoms with Crippen molar-refractivity contribution in [1.82, 2.24) is 13.6 Å². The van der Waals surface area contributed by atoms with E-state index in [1.54, 1.807) is 11.8 Å². The lowest BCUT2D eigenvalue weighted by atomic mass is 9.89. The van der Waals surface area contributed by atoms with Crippen molar-refractivity contribution in [2.24, 2.45) is 5.92 Å². The van der Waals surface area contributed by atoms with Crippen LogP contribution in [0.1, 0.15) is 24.5 Å². The first-order valence-corrected chi connectivity index (χ1v) is 8.53. The normalized spacial score (nSPS) is 26.8. The van der Waals surface area contributed by atoms with E-state index in [1.807, 2.05) is 0 Å². The zero-order chi connectivity index (χ0) is 15.4. The maximum atomic E-state index is 9.10. The molecule has 2 N–H and O–H groups in total. The van der Waals surface area contributed by atoms with E-state index >= 15 is 0 Å². The van der Waals surface area contributed by atoms with Gasteiger partial charge in [-0.1, -0.05) is 0 Å². The molecule has 2 bridgehead atoms. The van der Waals surface area contributed by atoms with Crippen LogP contribution >= 0.6 is 23.5 Å². The number of thioether (sulfide) groups is 1. The van der Waals surface area contributed by atoms with Crippen molar-refractivity contribution in [2.45, 2.75) is 23.8 Å². The molecule has 7 nitrogen and oxygen atoms in total. The molecule has 116 valence electrons. The minimum Gasteiger partial charge on any atom is -0.473 e. The fourth-order valence-electron chi connectivity index (χ4n) is 2.88. The fourth-order valence-corrected chi connectivity index (χ4v) is 4.26. The molecule has 21 heavy (non-hydrogen) atoms. The number of hydrogen-bond donors (Lipinski definition) is 2. The number of rotatable bonds is 2. The lowest BCUT2D eigenvalue weighted by Crippen LogP contribution is -2.25. The summed E-state index contributed by atoms with van der Waals surface area (Å²) in [6.07, 6.45) is 4.85. The number of nitrogens with zero attached hydrogens (tertiary/aromatic N) is 3. The molecule has 0 aliphatic carbocycles. The van der Waals surface area contributed by atoms with Gasteiger partial charge in [0.25, 0.3) is 0 Å². The lowest BCUT2D eigenvalue weighted by Gasteiger charge is -2.21. The summed E-state index contributed by atoms with van der Waals surface area (Å²) in [5, 5.41) is 15.9. The van der Waals surface area contributed by atoms with Crippen molar-refractivity contribution >= 4 is 35.4 Å². The third-order valence-electron chi connectivity index (χ3n) is 3.78. The van der Waals surface area contributed by atoms with Gasteiger partial charge >= 0.3 is 11.9 Å². The van der Waals surface area contributed by atoms with Crippen molar-refractivity contribution in [3.8, 4) is 0 Å². The first-order valence-electron chi connectivity index (χ1n) is 6.58. The van der Waals surface area contributed by atoms with Gasteiger partial charge in [0.1, 0.15) is 5.03 Å². The summed E-state index contributed by atoms with van der Waals surface area (Å²) in [7, 11) is 0. The minimum atomic E-state index is -1.82. The van der Waals surface area contributed by atoms with Crippen LogP contribution in [0.15, 0.2) is 5.03 Å². The van der Waals surface area contributed by atoms with Gasteiger partial charge in [-0.25, -0.2) is 9.59 Å². The Morgan fingerprint density at radius 1 is 1.29 bits per heavy atom. The lowest BCUT2D eigenvalue weighted by molar-refractivity contribution is -0.159. The Labute approximate surface area is 130 Å². The first-order chi connectivity index (χ1) is 10.0. The number of fused-ring (bicyclic) bond motifs is 2. The molecule has 1 aromatic rings. The summed E-state index contributed by atoms with van der Waals surface area (Å²) in [5.74, 6) is -2.15. The molecule has 0 saturated carbocycles. The minimum absolute atomic E-state index is 0.661.